The molecule has 0 aromatic heterocycles. The maximum Gasteiger partial charge on any atom is 0 e. The first-order valence-electron chi connectivity index (χ1n) is 7.00. The van der Waals surface area contributed by atoms with Gasteiger partial charge < -0.3 is 0 Å². The second-order valence-corrected chi connectivity index (χ2v) is 3.42. The predicted molar refractivity (Wildman–Crippen MR) is 84.3 cm³/mol. The molecule has 1 aromatic rings. The maximum absolute atomic E-state index is 3.74. The van der Waals surface area contributed by atoms with Gasteiger partial charge in [0, 0.05) is 32.7 Å². The Balaban J connectivity index is -0.000000316. The van der Waals surface area contributed by atoms with Gasteiger partial charge in [0.15, 0.2) is 0 Å². The second kappa shape index (κ2) is 20.1. The first-order chi connectivity index (χ1) is 8.79. The van der Waals surface area contributed by atoms with Gasteiger partial charge in [-0.2, -0.15) is 18.7 Å². The van der Waals surface area contributed by atoms with E-state index in [1.54, 1.807) is 0 Å². The van der Waals surface area contributed by atoms with Crippen molar-refractivity contribution in [1.82, 2.24) is 0 Å². The molecule has 0 fully saturated rings. The van der Waals surface area contributed by atoms with Crippen LogP contribution in [0.4, 0.5) is 0 Å². The molecule has 0 spiro atoms. The zero-order valence-corrected chi connectivity index (χ0v) is 16.1. The minimum absolute atomic E-state index is 0. The molecule has 1 radical (unpaired) electrons. The number of hydrogen-bond acceptors (Lipinski definition) is 0. The third kappa shape index (κ3) is 14.0. The van der Waals surface area contributed by atoms with E-state index in [1.165, 1.54) is 12.8 Å². The summed E-state index contributed by atoms with van der Waals surface area (Å²) >= 11 is 0. The van der Waals surface area contributed by atoms with Crippen molar-refractivity contribution in [3.05, 3.63) is 54.6 Å². The Morgan fingerprint density at radius 3 is 2.11 bits per heavy atom. The van der Waals surface area contributed by atoms with Gasteiger partial charge in [-0.3, -0.25) is 17.2 Å². The van der Waals surface area contributed by atoms with Crippen molar-refractivity contribution in [2.45, 2.75) is 53.9 Å². The van der Waals surface area contributed by atoms with E-state index in [1.807, 2.05) is 44.2 Å². The quantitative estimate of drug-likeness (QED) is 0.461. The van der Waals surface area contributed by atoms with Crippen molar-refractivity contribution in [1.29, 1.82) is 0 Å². The Kier molecular flexibility index (Phi) is 25.3. The number of allylic oxidation sites excluding steroid dienone is 3. The summed E-state index contributed by atoms with van der Waals surface area (Å²) in [7, 11) is 0. The van der Waals surface area contributed by atoms with Crippen molar-refractivity contribution in [2.24, 2.45) is 0 Å². The van der Waals surface area contributed by atoms with Crippen LogP contribution in [0.15, 0.2) is 36.9 Å². The number of benzene rings is 1. The van der Waals surface area contributed by atoms with E-state index >= 15 is 0 Å². The van der Waals surface area contributed by atoms with Gasteiger partial charge in [0.25, 0.3) is 0 Å². The molecule has 1 rings (SSSR count). The summed E-state index contributed by atoms with van der Waals surface area (Å²) < 4.78 is 0. The Bertz CT molecular complexity index is 297. The molecule has 0 saturated heterocycles. The standard InChI is InChI=1S/C12H12.C4H10.C2H6.Y/c1-3-8-11(4-2)12-9-6-5-7-10-12;1-3-4-2;1-2;/h4-7,9H,2-3H2,1H3;3-4H2,1-2H3;1-2H3;/q-2;;;. The molecule has 0 bridgehead atoms. The van der Waals surface area contributed by atoms with E-state index in [9.17, 15) is 0 Å². The van der Waals surface area contributed by atoms with Crippen LogP contribution in [0.2, 0.25) is 0 Å². The number of hydrogen-bond donors (Lipinski definition) is 0. The topological polar surface area (TPSA) is 0 Å². The van der Waals surface area contributed by atoms with Crippen molar-refractivity contribution < 1.29 is 32.7 Å². The van der Waals surface area contributed by atoms with Crippen LogP contribution in [0, 0.1) is 12.1 Å². The fourth-order valence-electron chi connectivity index (χ4n) is 1.03. The molecule has 1 aromatic carbocycles. The van der Waals surface area contributed by atoms with Crippen LogP contribution in [0.1, 0.15) is 59.4 Å². The molecule has 0 N–H and O–H groups in total. The minimum Gasteiger partial charge on any atom is -0.273 e. The van der Waals surface area contributed by atoms with Gasteiger partial charge in [-0.25, -0.2) is 18.2 Å². The first kappa shape index (κ1) is 23.9. The summed E-state index contributed by atoms with van der Waals surface area (Å²) in [4.78, 5) is 0. The molecule has 0 unspecified atom stereocenters. The van der Waals surface area contributed by atoms with Crippen molar-refractivity contribution in [3.8, 4) is 0 Å². The molecule has 0 aliphatic rings. The third-order valence-electron chi connectivity index (χ3n) is 2.07. The molecule has 0 atom stereocenters. The number of rotatable bonds is 4. The van der Waals surface area contributed by atoms with E-state index in [2.05, 4.69) is 39.5 Å². The van der Waals surface area contributed by atoms with E-state index in [-0.39, 0.29) is 32.7 Å². The van der Waals surface area contributed by atoms with Crippen molar-refractivity contribution in [3.63, 3.8) is 0 Å². The third-order valence-corrected chi connectivity index (χ3v) is 2.07. The van der Waals surface area contributed by atoms with Gasteiger partial charge in [0.2, 0.25) is 0 Å². The molecular weight excluding hydrogens is 305 g/mol. The predicted octanol–water partition coefficient (Wildman–Crippen LogP) is 6.10. The maximum atomic E-state index is 3.74. The molecule has 0 nitrogen and oxygen atoms in total. The Morgan fingerprint density at radius 1 is 1.21 bits per heavy atom. The molecule has 19 heavy (non-hydrogen) atoms. The van der Waals surface area contributed by atoms with Crippen molar-refractivity contribution >= 4 is 5.57 Å². The van der Waals surface area contributed by atoms with Crippen LogP contribution in [-0.2, 0) is 32.7 Å². The smallest absolute Gasteiger partial charge is 0 e. The SMILES string of the molecule is C=CC(=[C-]CC)c1[c-]cccc1.CC.CCCC.[Y]. The summed E-state index contributed by atoms with van der Waals surface area (Å²) in [6, 6.07) is 11.0. The molecule has 0 aliphatic heterocycles. The van der Waals surface area contributed by atoms with Crippen LogP contribution in [-0.4, -0.2) is 0 Å². The monoisotopic (exact) mass is 333 g/mol. The minimum atomic E-state index is 0. The van der Waals surface area contributed by atoms with Gasteiger partial charge in [-0.05, 0) is 0 Å². The summed E-state index contributed by atoms with van der Waals surface area (Å²) in [6.07, 6.45) is 8.58. The summed E-state index contributed by atoms with van der Waals surface area (Å²) in [5.41, 5.74) is 2.10. The zero-order valence-electron chi connectivity index (χ0n) is 13.3. The van der Waals surface area contributed by atoms with Gasteiger partial charge in [0.05, 0.1) is 0 Å². The van der Waals surface area contributed by atoms with E-state index in [0.29, 0.717) is 0 Å². The zero-order chi connectivity index (χ0) is 14.2. The molecule has 0 amide bonds. The molecule has 105 valence electrons. The fraction of sp³-hybridized carbons (Fsp3) is 0.444. The Hall–Kier alpha value is -0.196. The summed E-state index contributed by atoms with van der Waals surface area (Å²) in [5, 5.41) is 0. The van der Waals surface area contributed by atoms with Gasteiger partial charge >= 0.3 is 0 Å². The Labute approximate surface area is 146 Å². The van der Waals surface area contributed by atoms with Crippen LogP contribution >= 0.6 is 0 Å². The molecule has 0 aliphatic carbocycles. The summed E-state index contributed by atoms with van der Waals surface area (Å²) in [5.74, 6) is 0. The van der Waals surface area contributed by atoms with Gasteiger partial charge in [-0.1, -0.05) is 53.9 Å². The van der Waals surface area contributed by atoms with E-state index < -0.39 is 0 Å². The molecule has 1 heteroatoms. The van der Waals surface area contributed by atoms with Gasteiger partial charge in [-0.15, -0.1) is 6.07 Å². The molecule has 0 saturated carbocycles. The Morgan fingerprint density at radius 2 is 1.79 bits per heavy atom. The number of unbranched alkanes of at least 4 members (excludes halogenated alkanes) is 1. The van der Waals surface area contributed by atoms with Crippen LogP contribution < -0.4 is 0 Å². The average molecular weight is 333 g/mol. The van der Waals surface area contributed by atoms with Crippen LogP contribution in [0.5, 0.6) is 0 Å². The van der Waals surface area contributed by atoms with E-state index in [4.69, 9.17) is 0 Å². The molecule has 0 heterocycles. The molecular formula is C18H28Y-2. The van der Waals surface area contributed by atoms with Gasteiger partial charge in [0.1, 0.15) is 0 Å². The van der Waals surface area contributed by atoms with Crippen LogP contribution in [0.3, 0.4) is 0 Å². The normalized spacial score (nSPS) is 9.00. The first-order valence-corrected chi connectivity index (χ1v) is 7.00. The average Bonchev–Trinajstić information content (AvgIpc) is 2.48. The fourth-order valence-corrected chi connectivity index (χ4v) is 1.03. The van der Waals surface area contributed by atoms with Crippen molar-refractivity contribution in [2.75, 3.05) is 0 Å². The van der Waals surface area contributed by atoms with E-state index in [0.717, 1.165) is 17.6 Å². The summed E-state index contributed by atoms with van der Waals surface area (Å²) in [6.45, 7) is 14.2. The second-order valence-electron chi connectivity index (χ2n) is 3.42. The largest absolute Gasteiger partial charge is 0.273 e. The van der Waals surface area contributed by atoms with Crippen LogP contribution in [0.25, 0.3) is 5.57 Å².